The van der Waals surface area contributed by atoms with Gasteiger partial charge < -0.3 is 10.1 Å². The molecule has 0 spiro atoms. The van der Waals surface area contributed by atoms with E-state index in [9.17, 15) is 18.4 Å². The highest BCUT2D eigenvalue weighted by Gasteiger charge is 2.15. The average Bonchev–Trinajstić information content (AvgIpc) is 3.26. The topological polar surface area (TPSA) is 86.1 Å². The zero-order valence-electron chi connectivity index (χ0n) is 15.7. The summed E-state index contributed by atoms with van der Waals surface area (Å²) in [6, 6.07) is 12.5. The number of para-hydroxylation sites is 1. The number of thioether (sulfide) groups is 1. The molecule has 4 aromatic rings. The van der Waals surface area contributed by atoms with Crippen LogP contribution in [0.5, 0.6) is 5.75 Å². The highest BCUT2D eigenvalue weighted by molar-refractivity contribution is 7.99. The lowest BCUT2D eigenvalue weighted by molar-refractivity contribution is -0.113. The molecule has 7 nitrogen and oxygen atoms in total. The standard InChI is InChI=1S/C20H14F2N4O3S2/c21-18(22)29-13-7-5-12(6-8-13)26-17(28)14-3-1-2-4-15(14)24-20(26)31-11-16(27)25-19-23-9-10-30-19/h1-10,18H,11H2,(H,23,25,27). The van der Waals surface area contributed by atoms with Crippen molar-refractivity contribution in [3.05, 3.63) is 70.5 Å². The number of nitrogens with zero attached hydrogens (tertiary/aromatic N) is 3. The van der Waals surface area contributed by atoms with E-state index in [-0.39, 0.29) is 23.0 Å². The van der Waals surface area contributed by atoms with Gasteiger partial charge in [0.1, 0.15) is 5.75 Å². The van der Waals surface area contributed by atoms with Crippen molar-refractivity contribution in [2.75, 3.05) is 11.1 Å². The van der Waals surface area contributed by atoms with Crippen molar-refractivity contribution in [2.24, 2.45) is 0 Å². The number of anilines is 1. The number of carbonyl (C=O) groups excluding carboxylic acids is 1. The van der Waals surface area contributed by atoms with Gasteiger partial charge in [0.15, 0.2) is 10.3 Å². The summed E-state index contributed by atoms with van der Waals surface area (Å²) in [6.45, 7) is -2.95. The number of hydrogen-bond acceptors (Lipinski definition) is 7. The number of fused-ring (bicyclic) bond motifs is 1. The number of benzene rings is 2. The summed E-state index contributed by atoms with van der Waals surface area (Å²) in [5.41, 5.74) is 0.563. The van der Waals surface area contributed by atoms with Gasteiger partial charge in [-0.25, -0.2) is 9.97 Å². The maximum Gasteiger partial charge on any atom is 0.387 e. The predicted octanol–water partition coefficient (Wildman–Crippen LogP) is 4.17. The Bertz CT molecular complexity index is 1260. The highest BCUT2D eigenvalue weighted by atomic mass is 32.2. The number of hydrogen-bond donors (Lipinski definition) is 1. The highest BCUT2D eigenvalue weighted by Crippen LogP contribution is 2.24. The van der Waals surface area contributed by atoms with Crippen molar-refractivity contribution >= 4 is 45.0 Å². The lowest BCUT2D eigenvalue weighted by Crippen LogP contribution is -2.23. The van der Waals surface area contributed by atoms with E-state index in [0.717, 1.165) is 11.8 Å². The molecule has 0 bridgehead atoms. The molecule has 0 aliphatic rings. The third-order valence-electron chi connectivity index (χ3n) is 4.08. The first kappa shape index (κ1) is 20.9. The molecule has 2 aromatic heterocycles. The van der Waals surface area contributed by atoms with Gasteiger partial charge in [-0.3, -0.25) is 14.2 Å². The zero-order valence-corrected chi connectivity index (χ0v) is 17.3. The number of alkyl halides is 2. The molecule has 1 N–H and O–H groups in total. The largest absolute Gasteiger partial charge is 0.435 e. The summed E-state index contributed by atoms with van der Waals surface area (Å²) in [5.74, 6) is -0.330. The van der Waals surface area contributed by atoms with Gasteiger partial charge in [0.2, 0.25) is 5.91 Å². The van der Waals surface area contributed by atoms with Crippen LogP contribution in [0.15, 0.2) is 70.1 Å². The van der Waals surface area contributed by atoms with E-state index < -0.39 is 6.61 Å². The van der Waals surface area contributed by atoms with Crippen LogP contribution in [-0.4, -0.2) is 32.8 Å². The Hall–Kier alpha value is -3.31. The number of carbonyl (C=O) groups is 1. The van der Waals surface area contributed by atoms with Crippen LogP contribution < -0.4 is 15.6 Å². The first-order valence-electron chi connectivity index (χ1n) is 8.90. The van der Waals surface area contributed by atoms with Crippen LogP contribution in [0.3, 0.4) is 0 Å². The Morgan fingerprint density at radius 3 is 2.68 bits per heavy atom. The van der Waals surface area contributed by atoms with Crippen molar-refractivity contribution in [3.63, 3.8) is 0 Å². The Balaban J connectivity index is 1.68. The van der Waals surface area contributed by atoms with E-state index in [2.05, 4.69) is 20.0 Å². The Kier molecular flexibility index (Phi) is 6.23. The molecule has 31 heavy (non-hydrogen) atoms. The van der Waals surface area contributed by atoms with Gasteiger partial charge in [-0.2, -0.15) is 8.78 Å². The summed E-state index contributed by atoms with van der Waals surface area (Å²) in [7, 11) is 0. The summed E-state index contributed by atoms with van der Waals surface area (Å²) >= 11 is 2.38. The van der Waals surface area contributed by atoms with Crippen LogP contribution in [0, 0.1) is 0 Å². The second-order valence-electron chi connectivity index (χ2n) is 6.10. The number of nitrogens with one attached hydrogen (secondary N) is 1. The third kappa shape index (κ3) is 4.89. The lowest BCUT2D eigenvalue weighted by atomic mass is 10.2. The molecule has 0 radical (unpaired) electrons. The number of halogens is 2. The van der Waals surface area contributed by atoms with Gasteiger partial charge in [-0.15, -0.1) is 11.3 Å². The number of thiazole rings is 1. The molecule has 4 rings (SSSR count). The molecule has 0 atom stereocenters. The molecule has 0 fully saturated rings. The minimum atomic E-state index is -2.95. The number of amides is 1. The fourth-order valence-electron chi connectivity index (χ4n) is 2.78. The number of rotatable bonds is 7. The molecular formula is C20H14F2N4O3S2. The summed E-state index contributed by atoms with van der Waals surface area (Å²) in [5, 5.41) is 5.58. The molecule has 0 saturated heterocycles. The van der Waals surface area contributed by atoms with Crippen molar-refractivity contribution in [2.45, 2.75) is 11.8 Å². The van der Waals surface area contributed by atoms with Crippen LogP contribution in [0.4, 0.5) is 13.9 Å². The smallest absolute Gasteiger partial charge is 0.387 e. The number of aromatic nitrogens is 3. The monoisotopic (exact) mass is 460 g/mol. The lowest BCUT2D eigenvalue weighted by Gasteiger charge is -2.13. The molecule has 2 heterocycles. The van der Waals surface area contributed by atoms with Crippen molar-refractivity contribution in [1.82, 2.24) is 14.5 Å². The summed E-state index contributed by atoms with van der Waals surface area (Å²) in [6.07, 6.45) is 1.58. The van der Waals surface area contributed by atoms with Crippen LogP contribution in [0.2, 0.25) is 0 Å². The fourth-order valence-corrected chi connectivity index (χ4v) is 4.14. The first-order valence-corrected chi connectivity index (χ1v) is 10.8. The van der Waals surface area contributed by atoms with Crippen LogP contribution >= 0.6 is 23.1 Å². The first-order chi connectivity index (χ1) is 15.0. The van der Waals surface area contributed by atoms with Gasteiger partial charge in [0.25, 0.3) is 5.56 Å². The van der Waals surface area contributed by atoms with E-state index in [1.165, 1.54) is 40.2 Å². The van der Waals surface area contributed by atoms with Gasteiger partial charge in [-0.1, -0.05) is 23.9 Å². The van der Waals surface area contributed by atoms with E-state index in [4.69, 9.17) is 0 Å². The van der Waals surface area contributed by atoms with Crippen molar-refractivity contribution in [3.8, 4) is 11.4 Å². The van der Waals surface area contributed by atoms with E-state index >= 15 is 0 Å². The maximum atomic E-state index is 13.2. The van der Waals surface area contributed by atoms with E-state index in [1.54, 1.807) is 35.8 Å². The third-order valence-corrected chi connectivity index (χ3v) is 5.70. The molecule has 11 heteroatoms. The average molecular weight is 460 g/mol. The van der Waals surface area contributed by atoms with Crippen LogP contribution in [0.25, 0.3) is 16.6 Å². The minimum absolute atomic E-state index is 0.00304. The molecular weight excluding hydrogens is 446 g/mol. The Morgan fingerprint density at radius 1 is 1.19 bits per heavy atom. The van der Waals surface area contributed by atoms with Crippen LogP contribution in [-0.2, 0) is 4.79 Å². The number of ether oxygens (including phenoxy) is 1. The maximum absolute atomic E-state index is 13.2. The van der Waals surface area contributed by atoms with Gasteiger partial charge in [-0.05, 0) is 36.4 Å². The molecule has 0 saturated carbocycles. The van der Waals surface area contributed by atoms with Crippen molar-refractivity contribution < 1.29 is 18.3 Å². The Morgan fingerprint density at radius 2 is 1.97 bits per heavy atom. The molecule has 0 unspecified atom stereocenters. The normalized spacial score (nSPS) is 11.1. The van der Waals surface area contributed by atoms with Crippen LogP contribution in [0.1, 0.15) is 0 Å². The van der Waals surface area contributed by atoms with Crippen molar-refractivity contribution in [1.29, 1.82) is 0 Å². The molecule has 0 aliphatic heterocycles. The van der Waals surface area contributed by atoms with E-state index in [0.29, 0.717) is 26.9 Å². The quantitative estimate of drug-likeness (QED) is 0.329. The van der Waals surface area contributed by atoms with Gasteiger partial charge >= 0.3 is 6.61 Å². The fraction of sp³-hybridized carbons (Fsp3) is 0.100. The SMILES string of the molecule is O=C(CSc1nc2ccccc2c(=O)n1-c1ccc(OC(F)F)cc1)Nc1nccs1. The minimum Gasteiger partial charge on any atom is -0.435 e. The molecule has 158 valence electrons. The van der Waals surface area contributed by atoms with Gasteiger partial charge in [0, 0.05) is 11.6 Å². The van der Waals surface area contributed by atoms with Gasteiger partial charge in [0.05, 0.1) is 22.3 Å². The molecule has 1 amide bonds. The Labute approximate surface area is 182 Å². The molecule has 0 aliphatic carbocycles. The second kappa shape index (κ2) is 9.23. The zero-order chi connectivity index (χ0) is 21.8. The molecule has 2 aromatic carbocycles. The van der Waals surface area contributed by atoms with E-state index in [1.807, 2.05) is 0 Å². The summed E-state index contributed by atoms with van der Waals surface area (Å²) < 4.78 is 30.6. The second-order valence-corrected chi connectivity index (χ2v) is 7.94. The summed E-state index contributed by atoms with van der Waals surface area (Å²) in [4.78, 5) is 34.0. The predicted molar refractivity (Wildman–Crippen MR) is 115 cm³/mol.